The number of aliphatic hydroxyl groups is 1. The predicted molar refractivity (Wildman–Crippen MR) is 77.7 cm³/mol. The molecule has 0 bridgehead atoms. The van der Waals surface area contributed by atoms with Crippen LogP contribution in [0.1, 0.15) is 49.5 Å². The lowest BCUT2D eigenvalue weighted by Gasteiger charge is -2.29. The third-order valence-corrected chi connectivity index (χ3v) is 6.20. The quantitative estimate of drug-likeness (QED) is 0.759. The van der Waals surface area contributed by atoms with E-state index in [1.807, 2.05) is 6.07 Å². The fourth-order valence-corrected chi connectivity index (χ4v) is 4.42. The van der Waals surface area contributed by atoms with Gasteiger partial charge in [-0.25, -0.2) is 0 Å². The number of hydrogen-bond donors (Lipinski definition) is 1. The van der Waals surface area contributed by atoms with Gasteiger partial charge in [-0.05, 0) is 34.8 Å². The zero-order valence-electron chi connectivity index (χ0n) is 9.96. The number of thiophene rings is 1. The van der Waals surface area contributed by atoms with E-state index >= 15 is 0 Å². The van der Waals surface area contributed by atoms with Crippen molar-refractivity contribution < 1.29 is 5.11 Å². The van der Waals surface area contributed by atoms with Crippen LogP contribution >= 0.6 is 38.9 Å². The van der Waals surface area contributed by atoms with Gasteiger partial charge in [-0.3, -0.25) is 0 Å². The molecule has 1 aliphatic carbocycles. The van der Waals surface area contributed by atoms with Crippen LogP contribution in [-0.2, 0) is 0 Å². The summed E-state index contributed by atoms with van der Waals surface area (Å²) < 4.78 is 1.43. The van der Waals surface area contributed by atoms with Crippen molar-refractivity contribution in [2.75, 3.05) is 0 Å². The van der Waals surface area contributed by atoms with Crippen LogP contribution in [0.5, 0.6) is 0 Å². The first-order valence-electron chi connectivity index (χ1n) is 6.13. The summed E-state index contributed by atoms with van der Waals surface area (Å²) in [4.78, 5) is 0.787. The van der Waals surface area contributed by atoms with Crippen molar-refractivity contribution in [2.45, 2.75) is 44.6 Å². The highest BCUT2D eigenvalue weighted by Gasteiger charge is 2.40. The lowest BCUT2D eigenvalue weighted by Crippen LogP contribution is -2.26. The molecule has 1 unspecified atom stereocenters. The summed E-state index contributed by atoms with van der Waals surface area (Å²) in [5, 5.41) is 20.1. The van der Waals surface area contributed by atoms with Crippen LogP contribution in [0.3, 0.4) is 0 Å². The third-order valence-electron chi connectivity index (χ3n) is 3.68. The highest BCUT2D eigenvalue weighted by molar-refractivity contribution is 9.10. The number of aliphatic hydroxyl groups excluding tert-OH is 1. The molecule has 1 atom stereocenters. The van der Waals surface area contributed by atoms with Gasteiger partial charge in [0.15, 0.2) is 0 Å². The highest BCUT2D eigenvalue weighted by atomic mass is 79.9. The zero-order valence-corrected chi connectivity index (χ0v) is 13.1. The molecule has 1 heterocycles. The van der Waals surface area contributed by atoms with Crippen LogP contribution in [0.25, 0.3) is 0 Å². The molecule has 1 aromatic heterocycles. The Morgan fingerprint density at radius 2 is 2.00 bits per heavy atom. The van der Waals surface area contributed by atoms with Crippen LogP contribution in [-0.4, -0.2) is 5.11 Å². The monoisotopic (exact) mass is 347 g/mol. The Morgan fingerprint density at radius 3 is 2.44 bits per heavy atom. The first kappa shape index (κ1) is 14.3. The second kappa shape index (κ2) is 5.92. The molecule has 18 heavy (non-hydrogen) atoms. The molecular formula is C13H15BrClNOS. The molecule has 0 amide bonds. The largest absolute Gasteiger partial charge is 0.386 e. The minimum atomic E-state index is -0.727. The number of hydrogen-bond acceptors (Lipinski definition) is 3. The fraction of sp³-hybridized carbons (Fsp3) is 0.615. The molecule has 1 N–H and O–H groups in total. The third kappa shape index (κ3) is 2.75. The van der Waals surface area contributed by atoms with Gasteiger partial charge in [0.05, 0.1) is 11.5 Å². The minimum Gasteiger partial charge on any atom is -0.386 e. The summed E-state index contributed by atoms with van der Waals surface area (Å²) in [6.07, 6.45) is 5.18. The standard InChI is InChI=1S/C13H15BrClNOS/c14-9-7-10(18-12(9)15)11(17)13(8-16)5-3-1-2-4-6-13/h7,11,17H,1-6H2. The second-order valence-corrected chi connectivity index (χ2v) is 7.40. The Bertz CT molecular complexity index is 441. The zero-order chi connectivity index (χ0) is 13.2. The summed E-state index contributed by atoms with van der Waals surface area (Å²) in [5.74, 6) is 0. The molecule has 1 saturated carbocycles. The fourth-order valence-electron chi connectivity index (χ4n) is 2.58. The normalized spacial score (nSPS) is 21.0. The van der Waals surface area contributed by atoms with Crippen molar-refractivity contribution in [1.29, 1.82) is 5.26 Å². The lowest BCUT2D eigenvalue weighted by molar-refractivity contribution is 0.0546. The maximum Gasteiger partial charge on any atom is 0.107 e. The van der Waals surface area contributed by atoms with E-state index in [1.165, 1.54) is 11.3 Å². The van der Waals surface area contributed by atoms with Crippen LogP contribution in [0.15, 0.2) is 10.5 Å². The van der Waals surface area contributed by atoms with E-state index in [1.54, 1.807) is 0 Å². The molecule has 5 heteroatoms. The van der Waals surface area contributed by atoms with Crippen molar-refractivity contribution in [2.24, 2.45) is 5.41 Å². The van der Waals surface area contributed by atoms with E-state index < -0.39 is 11.5 Å². The van der Waals surface area contributed by atoms with Crippen molar-refractivity contribution in [3.05, 3.63) is 19.8 Å². The van der Waals surface area contributed by atoms with Crippen molar-refractivity contribution in [3.63, 3.8) is 0 Å². The number of nitriles is 1. The molecule has 0 aliphatic heterocycles. The number of halogens is 2. The Morgan fingerprint density at radius 1 is 1.39 bits per heavy atom. The van der Waals surface area contributed by atoms with E-state index in [0.717, 1.165) is 47.9 Å². The number of nitrogens with zero attached hydrogens (tertiary/aromatic N) is 1. The first-order valence-corrected chi connectivity index (χ1v) is 8.12. The molecule has 2 rings (SSSR count). The van der Waals surface area contributed by atoms with Gasteiger partial charge in [-0.2, -0.15) is 5.26 Å². The molecule has 1 aromatic rings. The molecule has 0 spiro atoms. The summed E-state index contributed by atoms with van der Waals surface area (Å²) >= 11 is 10.7. The van der Waals surface area contributed by atoms with Gasteiger partial charge in [0, 0.05) is 9.35 Å². The molecule has 0 saturated heterocycles. The summed E-state index contributed by atoms with van der Waals surface area (Å²) in [7, 11) is 0. The van der Waals surface area contributed by atoms with Gasteiger partial charge >= 0.3 is 0 Å². The number of rotatable bonds is 2. The minimum absolute atomic E-state index is 0.630. The van der Waals surface area contributed by atoms with Crippen LogP contribution in [0.4, 0.5) is 0 Å². The van der Waals surface area contributed by atoms with Crippen LogP contribution in [0, 0.1) is 16.7 Å². The van der Waals surface area contributed by atoms with Crippen LogP contribution < -0.4 is 0 Å². The topological polar surface area (TPSA) is 44.0 Å². The SMILES string of the molecule is N#CC1(C(O)c2cc(Br)c(Cl)s2)CCCCCC1. The van der Waals surface area contributed by atoms with Gasteiger partial charge in [0.25, 0.3) is 0 Å². The Kier molecular flexibility index (Phi) is 4.71. The Balaban J connectivity index is 2.29. The summed E-state index contributed by atoms with van der Waals surface area (Å²) in [6.45, 7) is 0. The molecule has 0 radical (unpaired) electrons. The van der Waals surface area contributed by atoms with E-state index in [4.69, 9.17) is 11.6 Å². The van der Waals surface area contributed by atoms with E-state index in [2.05, 4.69) is 22.0 Å². The van der Waals surface area contributed by atoms with E-state index in [-0.39, 0.29) is 0 Å². The smallest absolute Gasteiger partial charge is 0.107 e. The van der Waals surface area contributed by atoms with Crippen molar-refractivity contribution in [3.8, 4) is 6.07 Å². The maximum atomic E-state index is 10.6. The Hall–Kier alpha value is -0.0800. The average molecular weight is 349 g/mol. The molecule has 1 fully saturated rings. The highest BCUT2D eigenvalue weighted by Crippen LogP contribution is 2.48. The van der Waals surface area contributed by atoms with Gasteiger partial charge in [0.2, 0.25) is 0 Å². The lowest BCUT2D eigenvalue weighted by atomic mass is 9.76. The van der Waals surface area contributed by atoms with E-state index in [0.29, 0.717) is 4.34 Å². The van der Waals surface area contributed by atoms with Gasteiger partial charge < -0.3 is 5.11 Å². The molecular weight excluding hydrogens is 334 g/mol. The van der Waals surface area contributed by atoms with E-state index in [9.17, 15) is 10.4 Å². The molecule has 0 aromatic carbocycles. The molecule has 1 aliphatic rings. The molecule has 2 nitrogen and oxygen atoms in total. The average Bonchev–Trinajstić information content (AvgIpc) is 2.59. The van der Waals surface area contributed by atoms with Gasteiger partial charge in [0.1, 0.15) is 10.4 Å². The maximum absolute atomic E-state index is 10.6. The predicted octanol–water partition coefficient (Wildman–Crippen LogP) is 5.06. The van der Waals surface area contributed by atoms with Gasteiger partial charge in [-0.15, -0.1) is 11.3 Å². The summed E-state index contributed by atoms with van der Waals surface area (Å²) in [5.41, 5.74) is -0.635. The van der Waals surface area contributed by atoms with Crippen LogP contribution in [0.2, 0.25) is 4.34 Å². The van der Waals surface area contributed by atoms with Crippen molar-refractivity contribution >= 4 is 38.9 Å². The Labute approximate surface area is 125 Å². The van der Waals surface area contributed by atoms with Crippen molar-refractivity contribution in [1.82, 2.24) is 0 Å². The molecule has 98 valence electrons. The second-order valence-electron chi connectivity index (χ2n) is 4.86. The summed E-state index contributed by atoms with van der Waals surface area (Å²) in [6, 6.07) is 4.22. The van der Waals surface area contributed by atoms with Gasteiger partial charge in [-0.1, -0.05) is 37.3 Å². The first-order chi connectivity index (χ1) is 8.59.